The van der Waals surface area contributed by atoms with Crippen molar-refractivity contribution in [3.05, 3.63) is 64.6 Å². The fourth-order valence-corrected chi connectivity index (χ4v) is 4.28. The molecule has 0 bridgehead atoms. The lowest BCUT2D eigenvalue weighted by atomic mass is 9.94. The summed E-state index contributed by atoms with van der Waals surface area (Å²) in [6.07, 6.45) is 4.58. The van der Waals surface area contributed by atoms with Gasteiger partial charge in [-0.3, -0.25) is 4.79 Å². The molecule has 144 valence electrons. The molecular formula is C22H22FN3O2. The largest absolute Gasteiger partial charge is 0.492 e. The van der Waals surface area contributed by atoms with E-state index in [1.807, 2.05) is 18.3 Å². The highest BCUT2D eigenvalue weighted by Gasteiger charge is 2.29. The second-order valence-corrected chi connectivity index (χ2v) is 7.53. The first kappa shape index (κ1) is 17.3. The summed E-state index contributed by atoms with van der Waals surface area (Å²) in [7, 11) is 0. The van der Waals surface area contributed by atoms with E-state index in [0.717, 1.165) is 64.7 Å². The summed E-state index contributed by atoms with van der Waals surface area (Å²) in [4.78, 5) is 15.3. The molecule has 0 saturated heterocycles. The zero-order chi connectivity index (χ0) is 19.1. The number of halogens is 1. The summed E-state index contributed by atoms with van der Waals surface area (Å²) in [6.45, 7) is 2.04. The Labute approximate surface area is 162 Å². The number of carbonyl (C=O) groups excluding carboxylic acids is 1. The summed E-state index contributed by atoms with van der Waals surface area (Å²) in [5.74, 6) is 0.624. The van der Waals surface area contributed by atoms with Crippen LogP contribution in [0.1, 0.15) is 33.5 Å². The average molecular weight is 379 g/mol. The second-order valence-electron chi connectivity index (χ2n) is 7.53. The van der Waals surface area contributed by atoms with Crippen molar-refractivity contribution in [2.24, 2.45) is 0 Å². The first-order valence-corrected chi connectivity index (χ1v) is 9.73. The zero-order valence-electron chi connectivity index (χ0n) is 15.5. The molecule has 1 unspecified atom stereocenters. The summed E-state index contributed by atoms with van der Waals surface area (Å²) < 4.78 is 19.4. The van der Waals surface area contributed by atoms with Crippen LogP contribution in [0.25, 0.3) is 10.9 Å². The molecule has 1 atom stereocenters. The smallest absolute Gasteiger partial charge is 0.252 e. The minimum atomic E-state index is -0.207. The zero-order valence-corrected chi connectivity index (χ0v) is 15.5. The van der Waals surface area contributed by atoms with Gasteiger partial charge in [0.1, 0.15) is 18.2 Å². The number of benzene rings is 2. The molecule has 3 N–H and O–H groups in total. The van der Waals surface area contributed by atoms with Gasteiger partial charge in [-0.05, 0) is 61.2 Å². The normalized spacial score (nSPS) is 17.9. The molecule has 3 heterocycles. The third kappa shape index (κ3) is 3.03. The van der Waals surface area contributed by atoms with E-state index in [9.17, 15) is 9.18 Å². The number of hydrogen-bond acceptors (Lipinski definition) is 3. The monoisotopic (exact) mass is 379 g/mol. The Hall–Kier alpha value is -2.86. The first-order valence-electron chi connectivity index (χ1n) is 9.73. The van der Waals surface area contributed by atoms with E-state index in [1.54, 1.807) is 12.1 Å². The molecular weight excluding hydrogens is 357 g/mol. The van der Waals surface area contributed by atoms with E-state index in [0.29, 0.717) is 13.2 Å². The van der Waals surface area contributed by atoms with Gasteiger partial charge in [-0.15, -0.1) is 0 Å². The van der Waals surface area contributed by atoms with Crippen LogP contribution in [-0.2, 0) is 19.4 Å². The van der Waals surface area contributed by atoms with E-state index < -0.39 is 0 Å². The van der Waals surface area contributed by atoms with Gasteiger partial charge in [0.05, 0.1) is 5.56 Å². The Morgan fingerprint density at radius 2 is 2.18 bits per heavy atom. The van der Waals surface area contributed by atoms with Crippen molar-refractivity contribution < 1.29 is 13.9 Å². The molecule has 5 nitrogen and oxygen atoms in total. The van der Waals surface area contributed by atoms with Crippen LogP contribution >= 0.6 is 0 Å². The van der Waals surface area contributed by atoms with Gasteiger partial charge in [-0.1, -0.05) is 6.07 Å². The molecule has 2 aliphatic heterocycles. The maximum absolute atomic E-state index is 13.5. The number of carbonyl (C=O) groups is 1. The maximum Gasteiger partial charge on any atom is 0.252 e. The maximum atomic E-state index is 13.5. The average Bonchev–Trinajstić information content (AvgIpc) is 3.28. The fourth-order valence-electron chi connectivity index (χ4n) is 4.28. The van der Waals surface area contributed by atoms with Gasteiger partial charge >= 0.3 is 0 Å². The molecule has 0 radical (unpaired) electrons. The number of aromatic nitrogens is 1. The van der Waals surface area contributed by atoms with Crippen LogP contribution in [0.5, 0.6) is 5.75 Å². The van der Waals surface area contributed by atoms with Gasteiger partial charge in [-0.2, -0.15) is 0 Å². The van der Waals surface area contributed by atoms with Crippen LogP contribution in [0.3, 0.4) is 0 Å². The van der Waals surface area contributed by atoms with Crippen molar-refractivity contribution in [2.75, 3.05) is 13.2 Å². The molecule has 0 fully saturated rings. The predicted molar refractivity (Wildman–Crippen MR) is 105 cm³/mol. The Bertz CT molecular complexity index is 1060. The number of fused-ring (bicyclic) bond motifs is 4. The highest BCUT2D eigenvalue weighted by Crippen LogP contribution is 2.32. The van der Waals surface area contributed by atoms with Gasteiger partial charge in [0.15, 0.2) is 0 Å². The molecule has 3 aromatic rings. The molecule has 0 saturated carbocycles. The van der Waals surface area contributed by atoms with Gasteiger partial charge in [-0.25, -0.2) is 4.39 Å². The van der Waals surface area contributed by atoms with E-state index in [2.05, 4.69) is 15.6 Å². The lowest BCUT2D eigenvalue weighted by Crippen LogP contribution is -2.40. The second kappa shape index (κ2) is 6.95. The van der Waals surface area contributed by atoms with E-state index in [4.69, 9.17) is 4.74 Å². The quantitative estimate of drug-likeness (QED) is 0.597. The van der Waals surface area contributed by atoms with E-state index >= 15 is 0 Å². The van der Waals surface area contributed by atoms with Gasteiger partial charge in [0, 0.05) is 35.2 Å². The lowest BCUT2D eigenvalue weighted by Gasteiger charge is -2.27. The minimum absolute atomic E-state index is 0.00247. The van der Waals surface area contributed by atoms with Gasteiger partial charge in [0.2, 0.25) is 0 Å². The van der Waals surface area contributed by atoms with Crippen LogP contribution in [0.15, 0.2) is 36.5 Å². The Morgan fingerprint density at radius 1 is 1.25 bits per heavy atom. The highest BCUT2D eigenvalue weighted by atomic mass is 19.1. The van der Waals surface area contributed by atoms with Crippen molar-refractivity contribution >= 4 is 16.8 Å². The van der Waals surface area contributed by atoms with Crippen LogP contribution in [0.2, 0.25) is 0 Å². The number of nitrogens with one attached hydrogen (secondary N) is 3. The molecule has 2 aliphatic rings. The summed E-state index contributed by atoms with van der Waals surface area (Å²) in [5.41, 5.74) is 4.97. The summed E-state index contributed by atoms with van der Waals surface area (Å²) >= 11 is 0. The number of amides is 1. The third-order valence-corrected chi connectivity index (χ3v) is 5.70. The predicted octanol–water partition coefficient (Wildman–Crippen LogP) is 3.08. The molecule has 2 aromatic carbocycles. The number of ether oxygens (including phenoxy) is 1. The van der Waals surface area contributed by atoms with E-state index in [-0.39, 0.29) is 17.8 Å². The molecule has 28 heavy (non-hydrogen) atoms. The fraction of sp³-hybridized carbons (Fsp3) is 0.318. The Balaban J connectivity index is 1.20. The third-order valence-electron chi connectivity index (χ3n) is 5.70. The molecule has 0 spiro atoms. The summed E-state index contributed by atoms with van der Waals surface area (Å²) in [6, 6.07) is 8.98. The molecule has 1 amide bonds. The van der Waals surface area contributed by atoms with Crippen LogP contribution < -0.4 is 15.4 Å². The number of H-pyrrole nitrogens is 1. The molecule has 0 aliphatic carbocycles. The standard InChI is InChI=1S/C22H22FN3O2/c23-15-4-5-19-17(8-15)13(10-25-19)2-1-7-24-16-9-18-20(28-12-16)6-3-14-11-26-22(27)21(14)18/h3-6,8,10,16,24-25H,1-2,7,9,11-12H2,(H,26,27). The first-order chi connectivity index (χ1) is 13.7. The highest BCUT2D eigenvalue weighted by molar-refractivity contribution is 6.00. The van der Waals surface area contributed by atoms with Crippen molar-refractivity contribution in [1.82, 2.24) is 15.6 Å². The molecule has 6 heteroatoms. The Morgan fingerprint density at radius 3 is 3.11 bits per heavy atom. The van der Waals surface area contributed by atoms with Crippen molar-refractivity contribution in [3.63, 3.8) is 0 Å². The van der Waals surface area contributed by atoms with Gasteiger partial charge < -0.3 is 20.4 Å². The number of aromatic amines is 1. The van der Waals surface area contributed by atoms with Crippen LogP contribution in [0.4, 0.5) is 4.39 Å². The van der Waals surface area contributed by atoms with Crippen molar-refractivity contribution in [1.29, 1.82) is 0 Å². The van der Waals surface area contributed by atoms with Crippen molar-refractivity contribution in [2.45, 2.75) is 31.8 Å². The van der Waals surface area contributed by atoms with Crippen LogP contribution in [0, 0.1) is 5.82 Å². The van der Waals surface area contributed by atoms with Gasteiger partial charge in [0.25, 0.3) is 5.91 Å². The topological polar surface area (TPSA) is 66.2 Å². The summed E-state index contributed by atoms with van der Waals surface area (Å²) in [5, 5.41) is 7.40. The molecule has 1 aromatic heterocycles. The number of rotatable bonds is 5. The number of hydrogen-bond donors (Lipinski definition) is 3. The van der Waals surface area contributed by atoms with E-state index in [1.165, 1.54) is 6.07 Å². The minimum Gasteiger partial charge on any atom is -0.492 e. The van der Waals surface area contributed by atoms with Crippen molar-refractivity contribution in [3.8, 4) is 5.75 Å². The lowest BCUT2D eigenvalue weighted by molar-refractivity contribution is 0.0963. The SMILES string of the molecule is O=C1NCc2ccc3c(c21)CC(NCCCc1c[nH]c2ccc(F)cc12)CO3. The molecule has 5 rings (SSSR count). The Kier molecular flexibility index (Phi) is 4.28. The van der Waals surface area contributed by atoms with Crippen LogP contribution in [-0.4, -0.2) is 30.1 Å². The number of aryl methyl sites for hydroxylation is 1.